The van der Waals surface area contributed by atoms with Crippen molar-refractivity contribution in [3.05, 3.63) is 0 Å². The van der Waals surface area contributed by atoms with Crippen molar-refractivity contribution in [2.24, 2.45) is 5.41 Å². The fourth-order valence-corrected chi connectivity index (χ4v) is 1.12. The van der Waals surface area contributed by atoms with E-state index < -0.39 is 0 Å². The molecule has 0 saturated heterocycles. The number of hydrogen-bond donors (Lipinski definition) is 1. The zero-order chi connectivity index (χ0) is 11.0. The SMILES string of the molecule is COCC(CNCCC(C)(C)C)OC. The lowest BCUT2D eigenvalue weighted by Gasteiger charge is -2.20. The van der Waals surface area contributed by atoms with Gasteiger partial charge < -0.3 is 14.8 Å². The molecule has 3 heteroatoms. The number of rotatable bonds is 7. The molecule has 0 aromatic rings. The first-order valence-corrected chi connectivity index (χ1v) is 5.22. The van der Waals surface area contributed by atoms with Gasteiger partial charge in [-0.05, 0) is 18.4 Å². The highest BCUT2D eigenvalue weighted by Crippen LogP contribution is 2.16. The van der Waals surface area contributed by atoms with Crippen molar-refractivity contribution in [2.75, 3.05) is 33.9 Å². The lowest BCUT2D eigenvalue weighted by atomic mass is 9.92. The van der Waals surface area contributed by atoms with Gasteiger partial charge in [0.1, 0.15) is 0 Å². The first-order chi connectivity index (χ1) is 6.49. The van der Waals surface area contributed by atoms with Gasteiger partial charge in [0.05, 0.1) is 12.7 Å². The molecule has 0 fully saturated rings. The van der Waals surface area contributed by atoms with Crippen LogP contribution in [0.5, 0.6) is 0 Å². The van der Waals surface area contributed by atoms with Crippen LogP contribution in [0, 0.1) is 5.41 Å². The minimum Gasteiger partial charge on any atom is -0.382 e. The molecule has 0 aliphatic carbocycles. The van der Waals surface area contributed by atoms with Gasteiger partial charge in [0.15, 0.2) is 0 Å². The van der Waals surface area contributed by atoms with Gasteiger partial charge in [-0.25, -0.2) is 0 Å². The molecule has 0 heterocycles. The van der Waals surface area contributed by atoms with Gasteiger partial charge in [0.25, 0.3) is 0 Å². The minimum atomic E-state index is 0.167. The quantitative estimate of drug-likeness (QED) is 0.639. The van der Waals surface area contributed by atoms with Gasteiger partial charge >= 0.3 is 0 Å². The van der Waals surface area contributed by atoms with E-state index in [1.807, 2.05) is 0 Å². The Balaban J connectivity index is 3.42. The summed E-state index contributed by atoms with van der Waals surface area (Å²) in [5.74, 6) is 0. The highest BCUT2D eigenvalue weighted by atomic mass is 16.5. The van der Waals surface area contributed by atoms with Crippen molar-refractivity contribution < 1.29 is 9.47 Å². The standard InChI is InChI=1S/C11H25NO2/c1-11(2,3)6-7-12-8-10(14-5)9-13-4/h10,12H,6-9H2,1-5H3. The fraction of sp³-hybridized carbons (Fsp3) is 1.00. The van der Waals surface area contributed by atoms with Crippen LogP contribution in [0.1, 0.15) is 27.2 Å². The molecule has 86 valence electrons. The van der Waals surface area contributed by atoms with E-state index in [1.165, 1.54) is 6.42 Å². The molecule has 0 aliphatic heterocycles. The van der Waals surface area contributed by atoms with Crippen LogP contribution in [-0.2, 0) is 9.47 Å². The van der Waals surface area contributed by atoms with Crippen LogP contribution in [0.4, 0.5) is 0 Å². The van der Waals surface area contributed by atoms with Crippen molar-refractivity contribution in [1.29, 1.82) is 0 Å². The maximum absolute atomic E-state index is 5.24. The molecule has 0 saturated carbocycles. The molecule has 0 aliphatic rings. The zero-order valence-corrected chi connectivity index (χ0v) is 10.2. The molecule has 0 bridgehead atoms. The summed E-state index contributed by atoms with van der Waals surface area (Å²) < 4.78 is 10.3. The van der Waals surface area contributed by atoms with Gasteiger partial charge in [-0.2, -0.15) is 0 Å². The van der Waals surface area contributed by atoms with Crippen LogP contribution in [0.3, 0.4) is 0 Å². The maximum Gasteiger partial charge on any atom is 0.0928 e. The second-order valence-corrected chi connectivity index (χ2v) is 4.83. The molecule has 0 amide bonds. The van der Waals surface area contributed by atoms with Gasteiger partial charge in [-0.15, -0.1) is 0 Å². The van der Waals surface area contributed by atoms with Crippen molar-refractivity contribution in [3.8, 4) is 0 Å². The molecule has 0 aromatic heterocycles. The molecular formula is C11H25NO2. The average Bonchev–Trinajstić information content (AvgIpc) is 2.08. The summed E-state index contributed by atoms with van der Waals surface area (Å²) in [6.45, 7) is 9.29. The topological polar surface area (TPSA) is 30.5 Å². The second kappa shape index (κ2) is 7.21. The second-order valence-electron chi connectivity index (χ2n) is 4.83. The average molecular weight is 203 g/mol. The lowest BCUT2D eigenvalue weighted by molar-refractivity contribution is 0.0287. The normalized spacial score (nSPS) is 14.4. The summed E-state index contributed by atoms with van der Waals surface area (Å²) in [4.78, 5) is 0. The molecule has 1 N–H and O–H groups in total. The van der Waals surface area contributed by atoms with E-state index in [9.17, 15) is 0 Å². The highest BCUT2D eigenvalue weighted by Gasteiger charge is 2.10. The first kappa shape index (κ1) is 13.9. The lowest BCUT2D eigenvalue weighted by Crippen LogP contribution is -2.33. The highest BCUT2D eigenvalue weighted by molar-refractivity contribution is 4.65. The Labute approximate surface area is 88.2 Å². The van der Waals surface area contributed by atoms with E-state index >= 15 is 0 Å². The number of hydrogen-bond acceptors (Lipinski definition) is 3. The zero-order valence-electron chi connectivity index (χ0n) is 10.2. The van der Waals surface area contributed by atoms with Crippen LogP contribution in [-0.4, -0.2) is 40.0 Å². The van der Waals surface area contributed by atoms with Crippen LogP contribution < -0.4 is 5.32 Å². The summed E-state index contributed by atoms with van der Waals surface area (Å²) in [5.41, 5.74) is 0.400. The minimum absolute atomic E-state index is 0.167. The Morgan fingerprint density at radius 1 is 1.21 bits per heavy atom. The third-order valence-electron chi connectivity index (χ3n) is 2.11. The number of ether oxygens (including phenoxy) is 2. The van der Waals surface area contributed by atoms with Crippen molar-refractivity contribution in [2.45, 2.75) is 33.3 Å². The van der Waals surface area contributed by atoms with E-state index in [1.54, 1.807) is 14.2 Å². The van der Waals surface area contributed by atoms with Gasteiger partial charge in [0, 0.05) is 20.8 Å². The Morgan fingerprint density at radius 3 is 2.29 bits per heavy atom. The Kier molecular flexibility index (Phi) is 7.15. The summed E-state index contributed by atoms with van der Waals surface area (Å²) in [7, 11) is 3.41. The van der Waals surface area contributed by atoms with Gasteiger partial charge in [-0.3, -0.25) is 0 Å². The van der Waals surface area contributed by atoms with Crippen LogP contribution >= 0.6 is 0 Å². The van der Waals surface area contributed by atoms with Gasteiger partial charge in [-0.1, -0.05) is 20.8 Å². The molecule has 14 heavy (non-hydrogen) atoms. The van der Waals surface area contributed by atoms with E-state index in [0.29, 0.717) is 12.0 Å². The molecule has 0 aromatic carbocycles. The summed E-state index contributed by atoms with van der Waals surface area (Å²) in [6, 6.07) is 0. The van der Waals surface area contributed by atoms with Crippen LogP contribution in [0.25, 0.3) is 0 Å². The summed E-state index contributed by atoms with van der Waals surface area (Å²) in [5, 5.41) is 3.37. The third kappa shape index (κ3) is 8.48. The third-order valence-corrected chi connectivity index (χ3v) is 2.11. The van der Waals surface area contributed by atoms with Gasteiger partial charge in [0.2, 0.25) is 0 Å². The van der Waals surface area contributed by atoms with E-state index in [-0.39, 0.29) is 6.10 Å². The first-order valence-electron chi connectivity index (χ1n) is 5.22. The number of methoxy groups -OCH3 is 2. The van der Waals surface area contributed by atoms with E-state index in [4.69, 9.17) is 9.47 Å². The molecule has 0 spiro atoms. The molecular weight excluding hydrogens is 178 g/mol. The van der Waals surface area contributed by atoms with Crippen molar-refractivity contribution in [1.82, 2.24) is 5.32 Å². The Bertz CT molecular complexity index is 132. The van der Waals surface area contributed by atoms with Crippen LogP contribution in [0.15, 0.2) is 0 Å². The number of nitrogens with one attached hydrogen (secondary N) is 1. The monoisotopic (exact) mass is 203 g/mol. The molecule has 1 unspecified atom stereocenters. The van der Waals surface area contributed by atoms with Crippen molar-refractivity contribution >= 4 is 0 Å². The molecule has 1 atom stereocenters. The Hall–Kier alpha value is -0.120. The van der Waals surface area contributed by atoms with E-state index in [0.717, 1.165) is 13.1 Å². The van der Waals surface area contributed by atoms with E-state index in [2.05, 4.69) is 26.1 Å². The molecule has 0 radical (unpaired) electrons. The largest absolute Gasteiger partial charge is 0.382 e. The Morgan fingerprint density at radius 2 is 1.86 bits per heavy atom. The molecule has 3 nitrogen and oxygen atoms in total. The predicted molar refractivity (Wildman–Crippen MR) is 59.6 cm³/mol. The molecule has 0 rings (SSSR count). The fourth-order valence-electron chi connectivity index (χ4n) is 1.12. The van der Waals surface area contributed by atoms with Crippen LogP contribution in [0.2, 0.25) is 0 Å². The summed E-state index contributed by atoms with van der Waals surface area (Å²) in [6.07, 6.45) is 1.34. The van der Waals surface area contributed by atoms with Crippen molar-refractivity contribution in [3.63, 3.8) is 0 Å². The predicted octanol–water partition coefficient (Wildman–Crippen LogP) is 1.67. The summed E-state index contributed by atoms with van der Waals surface area (Å²) >= 11 is 0. The smallest absolute Gasteiger partial charge is 0.0928 e. The maximum atomic E-state index is 5.24.